The lowest BCUT2D eigenvalue weighted by Crippen LogP contribution is -2.54. The largest absolute Gasteiger partial charge is 0.495 e. The van der Waals surface area contributed by atoms with Gasteiger partial charge in [0.15, 0.2) is 0 Å². The number of benzene rings is 3. The SMILES string of the molecule is COc1cnc(C(=O)NCc2cccc(CC(=O)N(C)CCCCCCCOc3ccc4c(c3)C(=O)N(C3CCC(=O)NC3=O)C4=O)c2)cc1C=Cc1ccc(Cl)cc1. The molecule has 4 aromatic rings. The molecular formula is C45H46ClN5O8. The van der Waals surface area contributed by atoms with E-state index in [1.54, 1.807) is 43.3 Å². The smallest absolute Gasteiger partial charge is 0.270 e. The Hall–Kier alpha value is -6.34. The van der Waals surface area contributed by atoms with Gasteiger partial charge in [-0.2, -0.15) is 0 Å². The minimum atomic E-state index is -1.01. The number of hydrogen-bond donors (Lipinski definition) is 2. The first-order chi connectivity index (χ1) is 28.5. The minimum absolute atomic E-state index is 0.0101. The first-order valence-electron chi connectivity index (χ1n) is 19.6. The molecule has 6 amide bonds. The molecule has 1 fully saturated rings. The molecule has 2 aliphatic heterocycles. The van der Waals surface area contributed by atoms with Gasteiger partial charge in [-0.25, -0.2) is 4.98 Å². The topological polar surface area (TPSA) is 164 Å². The summed E-state index contributed by atoms with van der Waals surface area (Å²) in [6, 6.07) is 20.4. The van der Waals surface area contributed by atoms with Crippen LogP contribution >= 0.6 is 11.6 Å². The van der Waals surface area contributed by atoms with E-state index in [9.17, 15) is 28.8 Å². The molecule has 0 saturated carbocycles. The van der Waals surface area contributed by atoms with E-state index in [1.807, 2.05) is 48.6 Å². The summed E-state index contributed by atoms with van der Waals surface area (Å²) in [4.78, 5) is 82.8. The maximum absolute atomic E-state index is 13.1. The number of amides is 6. The highest BCUT2D eigenvalue weighted by Crippen LogP contribution is 2.30. The number of unbranched alkanes of at least 4 members (excludes halogenated alkanes) is 4. The van der Waals surface area contributed by atoms with Crippen LogP contribution in [0.25, 0.3) is 12.2 Å². The third-order valence-corrected chi connectivity index (χ3v) is 10.5. The van der Waals surface area contributed by atoms with Gasteiger partial charge in [-0.1, -0.05) is 79.4 Å². The van der Waals surface area contributed by atoms with Crippen molar-refractivity contribution >= 4 is 59.2 Å². The van der Waals surface area contributed by atoms with E-state index in [0.717, 1.165) is 53.7 Å². The van der Waals surface area contributed by atoms with Gasteiger partial charge in [0.25, 0.3) is 17.7 Å². The van der Waals surface area contributed by atoms with Crippen molar-refractivity contribution in [1.29, 1.82) is 0 Å². The summed E-state index contributed by atoms with van der Waals surface area (Å²) >= 11 is 5.99. The number of halogens is 1. The molecule has 2 aliphatic rings. The van der Waals surface area contributed by atoms with Crippen molar-refractivity contribution in [3.05, 3.63) is 123 Å². The number of ether oxygens (including phenoxy) is 2. The number of hydrogen-bond acceptors (Lipinski definition) is 9. The van der Waals surface area contributed by atoms with Crippen molar-refractivity contribution in [2.24, 2.45) is 0 Å². The molecule has 1 aromatic heterocycles. The standard InChI is InChI=1S/C45H46ClN5O8/c1-50(21-6-4-3-5-7-22-59-34-17-18-35-36(26-34)45(57)51(44(35)56)38-19-20-40(52)49-43(38)55)41(53)24-30-9-8-10-31(23-30)27-48-42(54)37-25-32(39(58-2)28-47-37)14-11-29-12-15-33(46)16-13-29/h8-18,23,25-26,28,38H,3-7,19-22,24,27H2,1-2H3,(H,48,54)(H,49,52,55). The summed E-state index contributed by atoms with van der Waals surface area (Å²) in [5, 5.41) is 5.77. The number of fused-ring (bicyclic) bond motifs is 1. The number of pyridine rings is 1. The molecule has 0 spiro atoms. The van der Waals surface area contributed by atoms with Crippen LogP contribution in [0, 0.1) is 0 Å². The average molecular weight is 820 g/mol. The summed E-state index contributed by atoms with van der Waals surface area (Å²) in [5.41, 5.74) is 4.02. The molecule has 1 unspecified atom stereocenters. The van der Waals surface area contributed by atoms with Gasteiger partial charge in [-0.3, -0.25) is 39.0 Å². The number of piperidine rings is 1. The summed E-state index contributed by atoms with van der Waals surface area (Å²) in [6.07, 6.45) is 10.2. The van der Waals surface area contributed by atoms with Gasteiger partial charge < -0.3 is 19.7 Å². The average Bonchev–Trinajstić information content (AvgIpc) is 3.48. The van der Waals surface area contributed by atoms with Crippen LogP contribution in [0.3, 0.4) is 0 Å². The number of imide groups is 2. The highest BCUT2D eigenvalue weighted by Gasteiger charge is 2.44. The first kappa shape index (κ1) is 42.3. The van der Waals surface area contributed by atoms with Gasteiger partial charge in [-0.05, 0) is 72.4 Å². The molecule has 14 heteroatoms. The van der Waals surface area contributed by atoms with Gasteiger partial charge in [0.1, 0.15) is 23.2 Å². The maximum atomic E-state index is 13.1. The van der Waals surface area contributed by atoms with Gasteiger partial charge in [0.05, 0.1) is 37.5 Å². The third-order valence-electron chi connectivity index (χ3n) is 10.2. The second kappa shape index (κ2) is 19.9. The van der Waals surface area contributed by atoms with Gasteiger partial charge in [0, 0.05) is 37.1 Å². The Kier molecular flexibility index (Phi) is 14.2. The van der Waals surface area contributed by atoms with E-state index in [-0.39, 0.29) is 54.4 Å². The van der Waals surface area contributed by atoms with Crippen LogP contribution in [-0.4, -0.2) is 83.6 Å². The molecule has 6 rings (SSSR count). The first-order valence-corrected chi connectivity index (χ1v) is 19.9. The minimum Gasteiger partial charge on any atom is -0.495 e. The van der Waals surface area contributed by atoms with Crippen LogP contribution in [0.2, 0.25) is 5.02 Å². The van der Waals surface area contributed by atoms with Crippen LogP contribution in [0.1, 0.15) is 98.4 Å². The van der Waals surface area contributed by atoms with Gasteiger partial charge in [-0.15, -0.1) is 0 Å². The molecule has 59 heavy (non-hydrogen) atoms. The zero-order chi connectivity index (χ0) is 41.9. The fourth-order valence-corrected chi connectivity index (χ4v) is 7.04. The number of nitrogens with one attached hydrogen (secondary N) is 2. The van der Waals surface area contributed by atoms with E-state index in [4.69, 9.17) is 21.1 Å². The number of carbonyl (C=O) groups excluding carboxylic acids is 6. The Labute approximate surface area is 347 Å². The van der Waals surface area contributed by atoms with Crippen LogP contribution in [0.15, 0.2) is 79.0 Å². The number of aromatic nitrogens is 1. The van der Waals surface area contributed by atoms with Crippen molar-refractivity contribution in [2.45, 2.75) is 64.0 Å². The molecule has 1 atom stereocenters. The summed E-state index contributed by atoms with van der Waals surface area (Å²) < 4.78 is 11.3. The predicted molar refractivity (Wildman–Crippen MR) is 222 cm³/mol. The molecule has 0 aliphatic carbocycles. The summed E-state index contributed by atoms with van der Waals surface area (Å²) in [7, 11) is 3.36. The lowest BCUT2D eigenvalue weighted by atomic mass is 10.0. The van der Waals surface area contributed by atoms with Crippen molar-refractivity contribution in [3.8, 4) is 11.5 Å². The Morgan fingerprint density at radius 2 is 1.66 bits per heavy atom. The quantitative estimate of drug-likeness (QED) is 0.0870. The Morgan fingerprint density at radius 3 is 2.44 bits per heavy atom. The Balaban J connectivity index is 0.875. The number of carbonyl (C=O) groups is 6. The molecule has 306 valence electrons. The number of rotatable bonds is 18. The molecule has 3 heterocycles. The normalized spacial score (nSPS) is 15.0. The van der Waals surface area contributed by atoms with Crippen molar-refractivity contribution in [3.63, 3.8) is 0 Å². The van der Waals surface area contributed by atoms with E-state index in [0.29, 0.717) is 35.2 Å². The molecule has 0 bridgehead atoms. The molecule has 2 N–H and O–H groups in total. The zero-order valence-corrected chi connectivity index (χ0v) is 33.8. The lowest BCUT2D eigenvalue weighted by Gasteiger charge is -2.27. The van der Waals surface area contributed by atoms with Crippen molar-refractivity contribution in [2.75, 3.05) is 27.3 Å². The lowest BCUT2D eigenvalue weighted by molar-refractivity contribution is -0.136. The maximum Gasteiger partial charge on any atom is 0.270 e. The number of nitrogens with zero attached hydrogens (tertiary/aromatic N) is 3. The predicted octanol–water partition coefficient (Wildman–Crippen LogP) is 6.28. The van der Waals surface area contributed by atoms with E-state index < -0.39 is 29.7 Å². The number of methoxy groups -OCH3 is 1. The monoisotopic (exact) mass is 819 g/mol. The Morgan fingerprint density at radius 1 is 0.915 bits per heavy atom. The van der Waals surface area contributed by atoms with Crippen molar-refractivity contribution < 1.29 is 38.2 Å². The molecule has 0 radical (unpaired) electrons. The zero-order valence-electron chi connectivity index (χ0n) is 33.0. The molecule has 13 nitrogen and oxygen atoms in total. The van der Waals surface area contributed by atoms with Crippen LogP contribution in [-0.2, 0) is 27.3 Å². The van der Waals surface area contributed by atoms with E-state index in [2.05, 4.69) is 15.6 Å². The third kappa shape index (κ3) is 11.0. The summed E-state index contributed by atoms with van der Waals surface area (Å²) in [6.45, 7) is 1.33. The van der Waals surface area contributed by atoms with Gasteiger partial charge >= 0.3 is 0 Å². The highest BCUT2D eigenvalue weighted by atomic mass is 35.5. The Bertz CT molecular complexity index is 2260. The van der Waals surface area contributed by atoms with Crippen molar-refractivity contribution in [1.82, 2.24) is 25.4 Å². The highest BCUT2D eigenvalue weighted by molar-refractivity contribution is 6.30. The summed E-state index contributed by atoms with van der Waals surface area (Å²) in [5.74, 6) is -1.51. The van der Waals surface area contributed by atoms with Crippen LogP contribution in [0.4, 0.5) is 0 Å². The van der Waals surface area contributed by atoms with E-state index >= 15 is 0 Å². The molecule has 1 saturated heterocycles. The second-order valence-electron chi connectivity index (χ2n) is 14.5. The van der Waals surface area contributed by atoms with Gasteiger partial charge in [0.2, 0.25) is 17.7 Å². The van der Waals surface area contributed by atoms with E-state index in [1.165, 1.54) is 18.3 Å². The van der Waals surface area contributed by atoms with Crippen LogP contribution < -0.4 is 20.1 Å². The fourth-order valence-electron chi connectivity index (χ4n) is 6.91. The second-order valence-corrected chi connectivity index (χ2v) is 14.9. The molecular weight excluding hydrogens is 774 g/mol. The molecule has 3 aromatic carbocycles. The number of likely N-dealkylation sites (N-methyl/N-ethyl adjacent to an activating group) is 1. The van der Waals surface area contributed by atoms with Crippen LogP contribution in [0.5, 0.6) is 11.5 Å². The fraction of sp³-hybridized carbons (Fsp3) is 0.311.